The van der Waals surface area contributed by atoms with Crippen molar-refractivity contribution in [2.24, 2.45) is 0 Å². The van der Waals surface area contributed by atoms with E-state index in [2.05, 4.69) is 43.0 Å². The minimum Gasteiger partial charge on any atom is -0.497 e. The monoisotopic (exact) mass is 407 g/mol. The SMILES string of the molecule is COc1ccc(OCc2nc(CNCc3cccc(-c4ncn[nH]4)c3)cs2)cc1. The third-order valence-corrected chi connectivity index (χ3v) is 5.14. The van der Waals surface area contributed by atoms with Crippen LogP contribution in [0.5, 0.6) is 11.5 Å². The first-order chi connectivity index (χ1) is 14.3. The summed E-state index contributed by atoms with van der Waals surface area (Å²) in [6.45, 7) is 1.90. The molecular formula is C21H21N5O2S. The van der Waals surface area contributed by atoms with Crippen LogP contribution in [0.1, 0.15) is 16.3 Å². The van der Waals surface area contributed by atoms with Crippen molar-refractivity contribution in [3.8, 4) is 22.9 Å². The molecule has 0 radical (unpaired) electrons. The van der Waals surface area contributed by atoms with Crippen LogP contribution in [0, 0.1) is 0 Å². The Balaban J connectivity index is 1.26. The van der Waals surface area contributed by atoms with E-state index in [0.717, 1.165) is 40.1 Å². The number of hydrogen-bond donors (Lipinski definition) is 2. The number of hydrogen-bond acceptors (Lipinski definition) is 7. The van der Waals surface area contributed by atoms with Crippen molar-refractivity contribution in [2.75, 3.05) is 7.11 Å². The van der Waals surface area contributed by atoms with E-state index < -0.39 is 0 Å². The van der Waals surface area contributed by atoms with Crippen LogP contribution in [0.2, 0.25) is 0 Å². The molecule has 2 heterocycles. The maximum atomic E-state index is 5.79. The Bertz CT molecular complexity index is 1030. The summed E-state index contributed by atoms with van der Waals surface area (Å²) < 4.78 is 10.9. The zero-order chi connectivity index (χ0) is 19.9. The van der Waals surface area contributed by atoms with Crippen molar-refractivity contribution in [1.29, 1.82) is 0 Å². The van der Waals surface area contributed by atoms with Crippen LogP contribution in [-0.2, 0) is 19.7 Å². The summed E-state index contributed by atoms with van der Waals surface area (Å²) >= 11 is 1.60. The molecular weight excluding hydrogens is 386 g/mol. The van der Waals surface area contributed by atoms with Crippen LogP contribution in [-0.4, -0.2) is 27.3 Å². The van der Waals surface area contributed by atoms with Gasteiger partial charge in [0, 0.05) is 24.0 Å². The van der Waals surface area contributed by atoms with E-state index >= 15 is 0 Å². The normalized spacial score (nSPS) is 10.8. The lowest BCUT2D eigenvalue weighted by Gasteiger charge is -2.06. The van der Waals surface area contributed by atoms with Crippen LogP contribution in [0.15, 0.2) is 60.2 Å². The van der Waals surface area contributed by atoms with E-state index in [1.165, 1.54) is 11.9 Å². The van der Waals surface area contributed by atoms with Gasteiger partial charge in [0.05, 0.1) is 12.8 Å². The molecule has 0 saturated heterocycles. The van der Waals surface area contributed by atoms with Gasteiger partial charge in [0.15, 0.2) is 5.82 Å². The summed E-state index contributed by atoms with van der Waals surface area (Å²) in [6, 6.07) is 15.8. The van der Waals surface area contributed by atoms with Crippen LogP contribution in [0.3, 0.4) is 0 Å². The van der Waals surface area contributed by atoms with Gasteiger partial charge in [0.25, 0.3) is 0 Å². The van der Waals surface area contributed by atoms with Gasteiger partial charge in [-0.3, -0.25) is 5.10 Å². The number of nitrogens with one attached hydrogen (secondary N) is 2. The molecule has 0 atom stereocenters. The first-order valence-electron chi connectivity index (χ1n) is 9.15. The first kappa shape index (κ1) is 19.1. The summed E-state index contributed by atoms with van der Waals surface area (Å²) in [4.78, 5) is 8.82. The van der Waals surface area contributed by atoms with E-state index in [-0.39, 0.29) is 0 Å². The smallest absolute Gasteiger partial charge is 0.155 e. The van der Waals surface area contributed by atoms with Crippen LogP contribution in [0.4, 0.5) is 0 Å². The molecule has 4 rings (SSSR count). The highest BCUT2D eigenvalue weighted by molar-refractivity contribution is 7.09. The zero-order valence-corrected chi connectivity index (χ0v) is 16.8. The Morgan fingerprint density at radius 3 is 2.72 bits per heavy atom. The van der Waals surface area contributed by atoms with Gasteiger partial charge in [-0.1, -0.05) is 18.2 Å². The minimum atomic E-state index is 0.455. The molecule has 4 aromatic rings. The molecule has 0 unspecified atom stereocenters. The van der Waals surface area contributed by atoms with Gasteiger partial charge in [0.1, 0.15) is 29.4 Å². The van der Waals surface area contributed by atoms with Crippen molar-refractivity contribution in [3.63, 3.8) is 0 Å². The lowest BCUT2D eigenvalue weighted by molar-refractivity contribution is 0.304. The summed E-state index contributed by atoms with van der Waals surface area (Å²) in [7, 11) is 1.65. The largest absolute Gasteiger partial charge is 0.497 e. The average molecular weight is 407 g/mol. The number of H-pyrrole nitrogens is 1. The highest BCUT2D eigenvalue weighted by Gasteiger charge is 2.05. The predicted octanol–water partition coefficient (Wildman–Crippen LogP) is 3.81. The Morgan fingerprint density at radius 1 is 1.07 bits per heavy atom. The Labute approximate surface area is 172 Å². The number of ether oxygens (including phenoxy) is 2. The molecule has 0 amide bonds. The maximum absolute atomic E-state index is 5.79. The fourth-order valence-electron chi connectivity index (χ4n) is 2.82. The van der Waals surface area contributed by atoms with Gasteiger partial charge >= 0.3 is 0 Å². The Morgan fingerprint density at radius 2 is 1.93 bits per heavy atom. The molecule has 0 aliphatic rings. The number of rotatable bonds is 9. The molecule has 0 bridgehead atoms. The lowest BCUT2D eigenvalue weighted by Crippen LogP contribution is -2.13. The summed E-state index contributed by atoms with van der Waals surface area (Å²) in [6.07, 6.45) is 1.51. The second-order valence-electron chi connectivity index (χ2n) is 6.33. The van der Waals surface area contributed by atoms with Gasteiger partial charge in [-0.05, 0) is 35.9 Å². The minimum absolute atomic E-state index is 0.455. The van der Waals surface area contributed by atoms with Crippen molar-refractivity contribution in [3.05, 3.63) is 76.5 Å². The van der Waals surface area contributed by atoms with E-state index in [1.54, 1.807) is 18.4 Å². The number of aromatic amines is 1. The van der Waals surface area contributed by atoms with Crippen LogP contribution in [0.25, 0.3) is 11.4 Å². The topological polar surface area (TPSA) is 84.9 Å². The van der Waals surface area contributed by atoms with Gasteiger partial charge in [-0.2, -0.15) is 5.10 Å². The Kier molecular flexibility index (Phi) is 6.13. The second-order valence-corrected chi connectivity index (χ2v) is 7.28. The van der Waals surface area contributed by atoms with Crippen molar-refractivity contribution >= 4 is 11.3 Å². The summed E-state index contributed by atoms with van der Waals surface area (Å²) in [5, 5.41) is 13.2. The summed E-state index contributed by atoms with van der Waals surface area (Å²) in [5.41, 5.74) is 3.21. The summed E-state index contributed by atoms with van der Waals surface area (Å²) in [5.74, 6) is 2.38. The van der Waals surface area contributed by atoms with Gasteiger partial charge in [-0.25, -0.2) is 9.97 Å². The lowest BCUT2D eigenvalue weighted by atomic mass is 10.1. The van der Waals surface area contributed by atoms with E-state index in [0.29, 0.717) is 13.2 Å². The molecule has 8 heteroatoms. The average Bonchev–Trinajstić information content (AvgIpc) is 3.45. The van der Waals surface area contributed by atoms with E-state index in [4.69, 9.17) is 9.47 Å². The quantitative estimate of drug-likeness (QED) is 0.439. The second kappa shape index (κ2) is 9.31. The molecule has 2 N–H and O–H groups in total. The van der Waals surface area contributed by atoms with Crippen LogP contribution >= 0.6 is 11.3 Å². The fourth-order valence-corrected chi connectivity index (χ4v) is 3.53. The molecule has 2 aromatic heterocycles. The van der Waals surface area contributed by atoms with E-state index in [1.807, 2.05) is 36.4 Å². The number of nitrogens with zero attached hydrogens (tertiary/aromatic N) is 3. The molecule has 0 aliphatic carbocycles. The van der Waals surface area contributed by atoms with Crippen molar-refractivity contribution in [2.45, 2.75) is 19.7 Å². The highest BCUT2D eigenvalue weighted by atomic mass is 32.1. The molecule has 148 valence electrons. The van der Waals surface area contributed by atoms with E-state index in [9.17, 15) is 0 Å². The fraction of sp³-hybridized carbons (Fsp3) is 0.190. The number of aromatic nitrogens is 4. The molecule has 0 spiro atoms. The van der Waals surface area contributed by atoms with Crippen molar-refractivity contribution in [1.82, 2.24) is 25.5 Å². The third kappa shape index (κ3) is 5.18. The van der Waals surface area contributed by atoms with Crippen LogP contribution < -0.4 is 14.8 Å². The Hall–Kier alpha value is -3.23. The highest BCUT2D eigenvalue weighted by Crippen LogP contribution is 2.19. The molecule has 0 aliphatic heterocycles. The molecule has 0 saturated carbocycles. The predicted molar refractivity (Wildman–Crippen MR) is 112 cm³/mol. The number of methoxy groups -OCH3 is 1. The van der Waals surface area contributed by atoms with Crippen molar-refractivity contribution < 1.29 is 9.47 Å². The maximum Gasteiger partial charge on any atom is 0.155 e. The molecule has 7 nitrogen and oxygen atoms in total. The third-order valence-electron chi connectivity index (χ3n) is 4.27. The standard InChI is InChI=1S/C21H21N5O2S/c1-27-18-5-7-19(8-6-18)28-12-20-25-17(13-29-20)11-22-10-15-3-2-4-16(9-15)21-23-14-24-26-21/h2-9,13-14,22H,10-12H2,1H3,(H,23,24,26). The number of benzene rings is 2. The number of thiazole rings is 1. The molecule has 2 aromatic carbocycles. The molecule has 0 fully saturated rings. The zero-order valence-electron chi connectivity index (χ0n) is 16.0. The van der Waals surface area contributed by atoms with Gasteiger partial charge in [0.2, 0.25) is 0 Å². The molecule has 29 heavy (non-hydrogen) atoms. The van der Waals surface area contributed by atoms with Gasteiger partial charge < -0.3 is 14.8 Å². The first-order valence-corrected chi connectivity index (χ1v) is 10.0. The van der Waals surface area contributed by atoms with Gasteiger partial charge in [-0.15, -0.1) is 11.3 Å².